The van der Waals surface area contributed by atoms with Crippen LogP contribution in [0.1, 0.15) is 46.0 Å². The van der Waals surface area contributed by atoms with Crippen molar-refractivity contribution in [2.45, 2.75) is 58.1 Å². The first-order valence-electron chi connectivity index (χ1n) is 6.67. The normalized spacial score (nSPS) is 19.3. The number of aliphatic carboxylic acids is 1. The van der Waals surface area contributed by atoms with Gasteiger partial charge in [0.25, 0.3) is 0 Å². The number of ether oxygens (including phenoxy) is 1. The molecule has 1 aliphatic heterocycles. The van der Waals surface area contributed by atoms with Crippen molar-refractivity contribution in [1.82, 2.24) is 4.90 Å². The number of hydrogen-bond acceptors (Lipinski definition) is 4. The van der Waals surface area contributed by atoms with Gasteiger partial charge in [0.05, 0.1) is 12.5 Å². The van der Waals surface area contributed by atoms with Crippen LogP contribution in [0.4, 0.5) is 0 Å². The fourth-order valence-electron chi connectivity index (χ4n) is 2.24. The Hall–Kier alpha value is -1.10. The lowest BCUT2D eigenvalue weighted by molar-refractivity contribution is -0.157. The second kappa shape index (κ2) is 7.36. The number of carboxylic acid groups (broad SMARTS) is 1. The Morgan fingerprint density at radius 3 is 2.17 bits per heavy atom. The van der Waals surface area contributed by atoms with Gasteiger partial charge in [-0.25, -0.2) is 0 Å². The second-order valence-corrected chi connectivity index (χ2v) is 5.05. The van der Waals surface area contributed by atoms with Gasteiger partial charge in [0.1, 0.15) is 6.04 Å². The van der Waals surface area contributed by atoms with E-state index in [1.165, 1.54) is 0 Å². The van der Waals surface area contributed by atoms with Crippen LogP contribution in [0, 0.1) is 0 Å². The number of carbonyl (C=O) groups excluding carboxylic acids is 1. The molecule has 0 bridgehead atoms. The lowest BCUT2D eigenvalue weighted by atomic mass is 10.1. The van der Waals surface area contributed by atoms with E-state index in [-0.39, 0.29) is 12.5 Å². The molecular weight excluding hydrogens is 234 g/mol. The molecule has 1 heterocycles. The van der Waals surface area contributed by atoms with Crippen LogP contribution < -0.4 is 0 Å². The summed E-state index contributed by atoms with van der Waals surface area (Å²) in [6.45, 7) is 5.12. The molecule has 0 spiro atoms. The number of nitrogens with zero attached hydrogens (tertiary/aromatic N) is 1. The van der Waals surface area contributed by atoms with Crippen LogP contribution in [0.2, 0.25) is 0 Å². The topological polar surface area (TPSA) is 66.8 Å². The number of likely N-dealkylation sites (tertiary alicyclic amines) is 1. The molecular formula is C13H23NO4. The minimum Gasteiger partial charge on any atom is -0.481 e. The van der Waals surface area contributed by atoms with Gasteiger partial charge in [-0.3, -0.25) is 14.5 Å². The molecule has 0 aromatic carbocycles. The third-order valence-electron chi connectivity index (χ3n) is 3.07. The average Bonchev–Trinajstić information content (AvgIpc) is 2.52. The SMILES string of the molecule is CC(C)OC(=O)C(CC(=O)O)N1CCCCCC1. The Labute approximate surface area is 108 Å². The molecule has 1 atom stereocenters. The van der Waals surface area contributed by atoms with Gasteiger partial charge in [-0.05, 0) is 39.8 Å². The molecule has 0 saturated carbocycles. The van der Waals surface area contributed by atoms with E-state index in [0.29, 0.717) is 0 Å². The number of esters is 1. The van der Waals surface area contributed by atoms with Gasteiger partial charge < -0.3 is 9.84 Å². The monoisotopic (exact) mass is 257 g/mol. The first-order chi connectivity index (χ1) is 8.50. The summed E-state index contributed by atoms with van der Waals surface area (Å²) < 4.78 is 5.16. The van der Waals surface area contributed by atoms with Crippen molar-refractivity contribution < 1.29 is 19.4 Å². The fraction of sp³-hybridized carbons (Fsp3) is 0.846. The molecule has 0 radical (unpaired) electrons. The molecule has 1 unspecified atom stereocenters. The van der Waals surface area contributed by atoms with Crippen molar-refractivity contribution >= 4 is 11.9 Å². The summed E-state index contributed by atoms with van der Waals surface area (Å²) in [6.07, 6.45) is 3.95. The summed E-state index contributed by atoms with van der Waals surface area (Å²) in [6, 6.07) is -0.636. The summed E-state index contributed by atoms with van der Waals surface area (Å²) >= 11 is 0. The smallest absolute Gasteiger partial charge is 0.324 e. The molecule has 1 fully saturated rings. The first kappa shape index (κ1) is 15.0. The molecule has 104 valence electrons. The zero-order valence-corrected chi connectivity index (χ0v) is 11.2. The molecule has 0 aromatic heterocycles. The lowest BCUT2D eigenvalue weighted by Crippen LogP contribution is -2.44. The minimum absolute atomic E-state index is 0.175. The Bertz CT molecular complexity index is 283. The predicted octanol–water partition coefficient (Wildman–Crippen LogP) is 1.66. The molecule has 1 rings (SSSR count). The maximum atomic E-state index is 12.0. The zero-order valence-electron chi connectivity index (χ0n) is 11.2. The van der Waals surface area contributed by atoms with Crippen LogP contribution in [-0.2, 0) is 14.3 Å². The molecule has 1 aliphatic rings. The van der Waals surface area contributed by atoms with Crippen molar-refractivity contribution in [2.75, 3.05) is 13.1 Å². The van der Waals surface area contributed by atoms with Crippen LogP contribution in [0.3, 0.4) is 0 Å². The number of rotatable bonds is 5. The molecule has 0 aromatic rings. The summed E-state index contributed by atoms with van der Waals surface area (Å²) in [5.74, 6) is -1.36. The average molecular weight is 257 g/mol. The summed E-state index contributed by atoms with van der Waals surface area (Å²) in [4.78, 5) is 24.8. The summed E-state index contributed by atoms with van der Waals surface area (Å²) in [5, 5.41) is 8.93. The van der Waals surface area contributed by atoms with Crippen molar-refractivity contribution in [1.29, 1.82) is 0 Å². The third kappa shape index (κ3) is 5.04. The molecule has 18 heavy (non-hydrogen) atoms. The number of carboxylic acids is 1. The lowest BCUT2D eigenvalue weighted by Gasteiger charge is -2.28. The van der Waals surface area contributed by atoms with E-state index in [1.807, 2.05) is 4.90 Å². The maximum absolute atomic E-state index is 12.0. The quantitative estimate of drug-likeness (QED) is 0.759. The third-order valence-corrected chi connectivity index (χ3v) is 3.07. The van der Waals surface area contributed by atoms with Gasteiger partial charge in [0.2, 0.25) is 0 Å². The van der Waals surface area contributed by atoms with E-state index in [1.54, 1.807) is 13.8 Å². The standard InChI is InChI=1S/C13H23NO4/c1-10(2)18-13(17)11(9-12(15)16)14-7-5-3-4-6-8-14/h10-11H,3-9H2,1-2H3,(H,15,16). The molecule has 0 aliphatic carbocycles. The van der Waals surface area contributed by atoms with Crippen molar-refractivity contribution in [3.63, 3.8) is 0 Å². The highest BCUT2D eigenvalue weighted by Gasteiger charge is 2.30. The van der Waals surface area contributed by atoms with Gasteiger partial charge in [-0.1, -0.05) is 12.8 Å². The molecule has 1 saturated heterocycles. The van der Waals surface area contributed by atoms with Crippen LogP contribution in [0.25, 0.3) is 0 Å². The van der Waals surface area contributed by atoms with E-state index >= 15 is 0 Å². The first-order valence-corrected chi connectivity index (χ1v) is 6.67. The highest BCUT2D eigenvalue weighted by molar-refractivity contribution is 5.82. The van der Waals surface area contributed by atoms with Crippen LogP contribution in [0.5, 0.6) is 0 Å². The van der Waals surface area contributed by atoms with Crippen molar-refractivity contribution in [2.24, 2.45) is 0 Å². The Morgan fingerprint density at radius 1 is 1.17 bits per heavy atom. The van der Waals surface area contributed by atoms with Crippen LogP contribution >= 0.6 is 0 Å². The van der Waals surface area contributed by atoms with Crippen LogP contribution in [0.15, 0.2) is 0 Å². The number of hydrogen-bond donors (Lipinski definition) is 1. The predicted molar refractivity (Wildman–Crippen MR) is 67.3 cm³/mol. The highest BCUT2D eigenvalue weighted by Crippen LogP contribution is 2.16. The van der Waals surface area contributed by atoms with E-state index in [2.05, 4.69) is 0 Å². The molecule has 1 N–H and O–H groups in total. The van der Waals surface area contributed by atoms with E-state index in [4.69, 9.17) is 9.84 Å². The van der Waals surface area contributed by atoms with Gasteiger partial charge >= 0.3 is 11.9 Å². The molecule has 0 amide bonds. The fourth-order valence-corrected chi connectivity index (χ4v) is 2.24. The van der Waals surface area contributed by atoms with Crippen molar-refractivity contribution in [3.05, 3.63) is 0 Å². The van der Waals surface area contributed by atoms with Gasteiger partial charge in [-0.2, -0.15) is 0 Å². The van der Waals surface area contributed by atoms with Crippen molar-refractivity contribution in [3.8, 4) is 0 Å². The van der Waals surface area contributed by atoms with E-state index in [0.717, 1.165) is 38.8 Å². The second-order valence-electron chi connectivity index (χ2n) is 5.05. The number of carbonyl (C=O) groups is 2. The summed E-state index contributed by atoms with van der Waals surface area (Å²) in [7, 11) is 0. The largest absolute Gasteiger partial charge is 0.481 e. The maximum Gasteiger partial charge on any atom is 0.324 e. The summed E-state index contributed by atoms with van der Waals surface area (Å²) in [5.41, 5.74) is 0. The van der Waals surface area contributed by atoms with Gasteiger partial charge in [0, 0.05) is 0 Å². The molecule has 5 heteroatoms. The van der Waals surface area contributed by atoms with Crippen LogP contribution in [-0.4, -0.2) is 47.2 Å². The van der Waals surface area contributed by atoms with E-state index in [9.17, 15) is 9.59 Å². The Morgan fingerprint density at radius 2 is 1.72 bits per heavy atom. The van der Waals surface area contributed by atoms with Gasteiger partial charge in [-0.15, -0.1) is 0 Å². The van der Waals surface area contributed by atoms with E-state index < -0.39 is 18.0 Å². The van der Waals surface area contributed by atoms with Gasteiger partial charge in [0.15, 0.2) is 0 Å². The highest BCUT2D eigenvalue weighted by atomic mass is 16.5. The minimum atomic E-state index is -0.954. The zero-order chi connectivity index (χ0) is 13.5. The molecule has 5 nitrogen and oxygen atoms in total. The Balaban J connectivity index is 2.68. The Kier molecular flexibility index (Phi) is 6.12.